The lowest BCUT2D eigenvalue weighted by molar-refractivity contribution is -0.140. The van der Waals surface area contributed by atoms with Crippen molar-refractivity contribution in [1.29, 1.82) is 0 Å². The average molecular weight is 370 g/mol. The van der Waals surface area contributed by atoms with E-state index < -0.39 is 5.97 Å². The molecule has 1 aromatic rings. The topological polar surface area (TPSA) is 66.8 Å². The van der Waals surface area contributed by atoms with Gasteiger partial charge >= 0.3 is 5.97 Å². The lowest BCUT2D eigenvalue weighted by Gasteiger charge is -2.34. The normalized spacial score (nSPS) is 15.5. The van der Waals surface area contributed by atoms with Gasteiger partial charge in [-0.05, 0) is 24.5 Å². The second-order valence-electron chi connectivity index (χ2n) is 5.34. The van der Waals surface area contributed by atoms with Gasteiger partial charge in [-0.25, -0.2) is 0 Å². The fraction of sp³-hybridized carbons (Fsp3) is 0.500. The van der Waals surface area contributed by atoms with Crippen LogP contribution in [-0.2, 0) is 20.7 Å². The van der Waals surface area contributed by atoms with E-state index in [9.17, 15) is 9.59 Å². The number of hydrogen-bond acceptors (Lipinski definition) is 3. The molecule has 1 aliphatic heterocycles. The Labute approximate surface area is 138 Å². The van der Waals surface area contributed by atoms with Crippen molar-refractivity contribution in [2.24, 2.45) is 0 Å². The first kappa shape index (κ1) is 17.0. The van der Waals surface area contributed by atoms with Crippen LogP contribution < -0.4 is 0 Å². The Hall–Kier alpha value is -1.40. The molecule has 0 aromatic heterocycles. The van der Waals surface area contributed by atoms with Crippen LogP contribution in [0.5, 0.6) is 0 Å². The van der Waals surface area contributed by atoms with Crippen molar-refractivity contribution in [3.63, 3.8) is 0 Å². The van der Waals surface area contributed by atoms with Crippen molar-refractivity contribution < 1.29 is 19.4 Å². The first-order valence-corrected chi connectivity index (χ1v) is 8.19. The molecule has 1 aliphatic rings. The summed E-state index contributed by atoms with van der Waals surface area (Å²) < 4.78 is 6.23. The Morgan fingerprint density at radius 3 is 2.59 bits per heavy atom. The molecule has 0 aliphatic carbocycles. The van der Waals surface area contributed by atoms with Crippen molar-refractivity contribution in [3.05, 3.63) is 34.3 Å². The number of rotatable bonds is 6. The Morgan fingerprint density at radius 2 is 1.95 bits per heavy atom. The average Bonchev–Trinajstić information content (AvgIpc) is 2.50. The Morgan fingerprint density at radius 1 is 1.27 bits per heavy atom. The van der Waals surface area contributed by atoms with Gasteiger partial charge in [-0.2, -0.15) is 0 Å². The highest BCUT2D eigenvalue weighted by Gasteiger charge is 2.26. The summed E-state index contributed by atoms with van der Waals surface area (Å²) in [5.41, 5.74) is 0.917. The van der Waals surface area contributed by atoms with Crippen molar-refractivity contribution in [3.8, 4) is 0 Å². The summed E-state index contributed by atoms with van der Waals surface area (Å²) in [6, 6.07) is 7.67. The largest absolute Gasteiger partial charge is 0.481 e. The third-order valence-corrected chi connectivity index (χ3v) is 4.59. The Bertz CT molecular complexity index is 529. The quantitative estimate of drug-likeness (QED) is 0.836. The molecule has 6 heteroatoms. The van der Waals surface area contributed by atoms with Gasteiger partial charge in [0.05, 0.1) is 12.8 Å². The van der Waals surface area contributed by atoms with E-state index >= 15 is 0 Å². The monoisotopic (exact) mass is 369 g/mol. The van der Waals surface area contributed by atoms with Crippen molar-refractivity contribution in [2.45, 2.75) is 31.7 Å². The molecule has 0 bridgehead atoms. The summed E-state index contributed by atoms with van der Waals surface area (Å²) >= 11 is 3.45. The Balaban J connectivity index is 2.07. The molecule has 5 nitrogen and oxygen atoms in total. The van der Waals surface area contributed by atoms with Crippen molar-refractivity contribution >= 4 is 27.8 Å². The van der Waals surface area contributed by atoms with Crippen LogP contribution in [0, 0.1) is 0 Å². The van der Waals surface area contributed by atoms with Gasteiger partial charge < -0.3 is 14.7 Å². The van der Waals surface area contributed by atoms with E-state index in [-0.39, 0.29) is 31.3 Å². The molecule has 120 valence electrons. The van der Waals surface area contributed by atoms with E-state index in [4.69, 9.17) is 9.84 Å². The molecular weight excluding hydrogens is 350 g/mol. The molecule has 1 saturated heterocycles. The molecule has 2 rings (SSSR count). The highest BCUT2D eigenvalue weighted by molar-refractivity contribution is 9.10. The third kappa shape index (κ3) is 4.81. The maximum atomic E-state index is 12.6. The number of carbonyl (C=O) groups is 2. The van der Waals surface area contributed by atoms with Crippen molar-refractivity contribution in [2.75, 3.05) is 19.8 Å². The van der Waals surface area contributed by atoms with Crippen LogP contribution in [-0.4, -0.2) is 47.7 Å². The highest BCUT2D eigenvalue weighted by Crippen LogP contribution is 2.20. The van der Waals surface area contributed by atoms with Crippen LogP contribution in [0.1, 0.15) is 24.8 Å². The molecule has 1 aromatic carbocycles. The van der Waals surface area contributed by atoms with Gasteiger partial charge in [0.2, 0.25) is 5.91 Å². The van der Waals surface area contributed by atoms with Crippen LogP contribution in [0.2, 0.25) is 0 Å². The first-order chi connectivity index (χ1) is 10.6. The van der Waals surface area contributed by atoms with Gasteiger partial charge in [-0.1, -0.05) is 34.1 Å². The van der Waals surface area contributed by atoms with Crippen LogP contribution in [0.15, 0.2) is 28.7 Å². The smallest absolute Gasteiger partial charge is 0.305 e. The fourth-order valence-corrected chi connectivity index (χ4v) is 3.06. The minimum Gasteiger partial charge on any atom is -0.481 e. The Kier molecular flexibility index (Phi) is 6.39. The van der Waals surface area contributed by atoms with Crippen LogP contribution in [0.3, 0.4) is 0 Å². The van der Waals surface area contributed by atoms with E-state index in [0.29, 0.717) is 13.2 Å². The number of carbonyl (C=O) groups excluding carboxylic acids is 1. The zero-order valence-electron chi connectivity index (χ0n) is 12.3. The SMILES string of the molecule is O=C(O)CCN(C(=O)Cc1ccccc1Br)C1CCOCC1. The fourth-order valence-electron chi connectivity index (χ4n) is 2.63. The molecule has 0 spiro atoms. The molecule has 1 N–H and O–H groups in total. The third-order valence-electron chi connectivity index (χ3n) is 3.82. The number of hydrogen-bond donors (Lipinski definition) is 1. The zero-order chi connectivity index (χ0) is 15.9. The van der Waals surface area contributed by atoms with Gasteiger partial charge in [-0.3, -0.25) is 9.59 Å². The van der Waals surface area contributed by atoms with E-state index in [1.807, 2.05) is 24.3 Å². The minimum atomic E-state index is -0.884. The molecule has 1 fully saturated rings. The molecule has 0 radical (unpaired) electrons. The van der Waals surface area contributed by atoms with Crippen LogP contribution in [0.4, 0.5) is 0 Å². The summed E-state index contributed by atoms with van der Waals surface area (Å²) in [6.45, 7) is 1.50. The van der Waals surface area contributed by atoms with E-state index in [2.05, 4.69) is 15.9 Å². The first-order valence-electron chi connectivity index (χ1n) is 7.40. The number of benzene rings is 1. The van der Waals surface area contributed by atoms with Crippen molar-refractivity contribution in [1.82, 2.24) is 4.90 Å². The van der Waals surface area contributed by atoms with E-state index in [1.54, 1.807) is 4.90 Å². The number of ether oxygens (including phenoxy) is 1. The summed E-state index contributed by atoms with van der Waals surface area (Å²) in [5.74, 6) is -0.911. The molecule has 1 amide bonds. The van der Waals surface area contributed by atoms with Gasteiger partial charge in [0, 0.05) is 30.3 Å². The summed E-state index contributed by atoms with van der Waals surface area (Å²) in [7, 11) is 0. The predicted molar refractivity (Wildman–Crippen MR) is 85.7 cm³/mol. The number of carboxylic acid groups (broad SMARTS) is 1. The van der Waals surface area contributed by atoms with Gasteiger partial charge in [0.15, 0.2) is 0 Å². The van der Waals surface area contributed by atoms with E-state index in [1.165, 1.54) is 0 Å². The van der Waals surface area contributed by atoms with E-state index in [0.717, 1.165) is 22.9 Å². The number of nitrogens with zero attached hydrogens (tertiary/aromatic N) is 1. The number of aliphatic carboxylic acids is 1. The predicted octanol–water partition coefficient (Wildman–Crippen LogP) is 2.47. The minimum absolute atomic E-state index is 0.0277. The number of amides is 1. The van der Waals surface area contributed by atoms with Crippen LogP contribution >= 0.6 is 15.9 Å². The highest BCUT2D eigenvalue weighted by atomic mass is 79.9. The van der Waals surface area contributed by atoms with Gasteiger partial charge in [0.1, 0.15) is 0 Å². The summed E-state index contributed by atoms with van der Waals surface area (Å²) in [4.78, 5) is 25.2. The van der Waals surface area contributed by atoms with Gasteiger partial charge in [0.25, 0.3) is 0 Å². The molecule has 0 saturated carbocycles. The second-order valence-corrected chi connectivity index (χ2v) is 6.20. The number of halogens is 1. The summed E-state index contributed by atoms with van der Waals surface area (Å²) in [5, 5.41) is 8.91. The van der Waals surface area contributed by atoms with Gasteiger partial charge in [-0.15, -0.1) is 0 Å². The molecule has 22 heavy (non-hydrogen) atoms. The molecule has 1 heterocycles. The molecule has 0 unspecified atom stereocenters. The maximum Gasteiger partial charge on any atom is 0.305 e. The number of carboxylic acids is 1. The standard InChI is InChI=1S/C16H20BrNO4/c17-14-4-2-1-3-12(14)11-15(19)18(8-5-16(20)21)13-6-9-22-10-7-13/h1-4,13H,5-11H2,(H,20,21). The summed E-state index contributed by atoms with van der Waals surface area (Å²) in [6.07, 6.45) is 1.78. The molecule has 0 atom stereocenters. The lowest BCUT2D eigenvalue weighted by Crippen LogP contribution is -2.45. The van der Waals surface area contributed by atoms with Crippen LogP contribution in [0.25, 0.3) is 0 Å². The maximum absolute atomic E-state index is 12.6. The zero-order valence-corrected chi connectivity index (χ0v) is 13.9. The lowest BCUT2D eigenvalue weighted by atomic mass is 10.0. The molecular formula is C16H20BrNO4. The second kappa shape index (κ2) is 8.29.